The first-order valence-corrected chi connectivity index (χ1v) is 6.72. The van der Waals surface area contributed by atoms with E-state index >= 15 is 0 Å². The predicted octanol–water partition coefficient (Wildman–Crippen LogP) is 3.57. The zero-order valence-corrected chi connectivity index (χ0v) is 11.7. The number of ether oxygens (including phenoxy) is 1. The highest BCUT2D eigenvalue weighted by molar-refractivity contribution is 5.88. The maximum atomic E-state index is 11.9. The Hall–Kier alpha value is -2.34. The number of nitriles is 1. The van der Waals surface area contributed by atoms with Gasteiger partial charge in [-0.1, -0.05) is 36.4 Å². The average Bonchev–Trinajstić information content (AvgIpc) is 2.47. The van der Waals surface area contributed by atoms with Gasteiger partial charge in [-0.05, 0) is 35.7 Å². The minimum Gasteiger partial charge on any atom is -0.466 e. The first-order valence-electron chi connectivity index (χ1n) is 6.72. The SMILES string of the molecule is CCOC(=O)C(C)c1cc(CC#N)c2ccccc2c1. The Kier molecular flexibility index (Phi) is 4.37. The van der Waals surface area contributed by atoms with E-state index < -0.39 is 0 Å². The number of hydrogen-bond donors (Lipinski definition) is 0. The van der Waals surface area contributed by atoms with Crippen molar-refractivity contribution in [3.05, 3.63) is 47.5 Å². The summed E-state index contributed by atoms with van der Waals surface area (Å²) in [7, 11) is 0. The van der Waals surface area contributed by atoms with Crippen molar-refractivity contribution < 1.29 is 9.53 Å². The van der Waals surface area contributed by atoms with Crippen LogP contribution in [0.1, 0.15) is 30.9 Å². The van der Waals surface area contributed by atoms with Gasteiger partial charge in [0, 0.05) is 0 Å². The lowest BCUT2D eigenvalue weighted by Gasteiger charge is -2.14. The summed E-state index contributed by atoms with van der Waals surface area (Å²) in [4.78, 5) is 11.9. The van der Waals surface area contributed by atoms with E-state index in [1.165, 1.54) is 0 Å². The molecule has 1 atom stereocenters. The number of benzene rings is 2. The summed E-state index contributed by atoms with van der Waals surface area (Å²) in [5, 5.41) is 11.1. The summed E-state index contributed by atoms with van der Waals surface area (Å²) in [5.41, 5.74) is 1.85. The number of esters is 1. The van der Waals surface area contributed by atoms with E-state index in [1.807, 2.05) is 43.3 Å². The van der Waals surface area contributed by atoms with Crippen LogP contribution in [-0.2, 0) is 16.0 Å². The summed E-state index contributed by atoms with van der Waals surface area (Å²) in [6, 6.07) is 14.0. The highest BCUT2D eigenvalue weighted by Gasteiger charge is 2.17. The molecule has 0 saturated heterocycles. The molecule has 3 heteroatoms. The summed E-state index contributed by atoms with van der Waals surface area (Å²) >= 11 is 0. The molecule has 0 radical (unpaired) electrons. The molecule has 20 heavy (non-hydrogen) atoms. The molecule has 1 unspecified atom stereocenters. The van der Waals surface area contributed by atoms with Gasteiger partial charge < -0.3 is 4.74 Å². The Morgan fingerprint density at radius 2 is 2.10 bits per heavy atom. The zero-order chi connectivity index (χ0) is 14.5. The molecule has 0 aromatic heterocycles. The van der Waals surface area contributed by atoms with Crippen molar-refractivity contribution in [2.75, 3.05) is 6.61 Å². The first-order chi connectivity index (χ1) is 9.67. The van der Waals surface area contributed by atoms with Crippen molar-refractivity contribution in [1.82, 2.24) is 0 Å². The lowest BCUT2D eigenvalue weighted by molar-refractivity contribution is -0.144. The summed E-state index contributed by atoms with van der Waals surface area (Å²) in [6.45, 7) is 4.01. The number of carbonyl (C=O) groups excluding carboxylic acids is 1. The third kappa shape index (κ3) is 2.80. The number of hydrogen-bond acceptors (Lipinski definition) is 3. The van der Waals surface area contributed by atoms with Crippen LogP contribution in [0.2, 0.25) is 0 Å². The van der Waals surface area contributed by atoms with Crippen LogP contribution in [0, 0.1) is 11.3 Å². The van der Waals surface area contributed by atoms with E-state index in [0.29, 0.717) is 13.0 Å². The average molecular weight is 267 g/mol. The lowest BCUT2D eigenvalue weighted by atomic mass is 9.93. The highest BCUT2D eigenvalue weighted by Crippen LogP contribution is 2.26. The van der Waals surface area contributed by atoms with Gasteiger partial charge in [-0.15, -0.1) is 0 Å². The van der Waals surface area contributed by atoms with Crippen LogP contribution in [0.3, 0.4) is 0 Å². The molecule has 102 valence electrons. The number of nitrogens with zero attached hydrogens (tertiary/aromatic N) is 1. The van der Waals surface area contributed by atoms with Crippen LogP contribution in [0.5, 0.6) is 0 Å². The molecule has 0 bridgehead atoms. The zero-order valence-electron chi connectivity index (χ0n) is 11.7. The molecule has 0 fully saturated rings. The van der Waals surface area contributed by atoms with E-state index in [4.69, 9.17) is 10.00 Å². The third-order valence-electron chi connectivity index (χ3n) is 3.38. The third-order valence-corrected chi connectivity index (χ3v) is 3.38. The fraction of sp³-hybridized carbons (Fsp3) is 0.294. The maximum absolute atomic E-state index is 11.9. The second kappa shape index (κ2) is 6.21. The van der Waals surface area contributed by atoms with Crippen molar-refractivity contribution in [2.45, 2.75) is 26.2 Å². The smallest absolute Gasteiger partial charge is 0.313 e. The van der Waals surface area contributed by atoms with Gasteiger partial charge in [0.2, 0.25) is 0 Å². The second-order valence-electron chi connectivity index (χ2n) is 4.71. The van der Waals surface area contributed by atoms with Gasteiger partial charge in [0.15, 0.2) is 0 Å². The van der Waals surface area contributed by atoms with Crippen LogP contribution in [0.4, 0.5) is 0 Å². The monoisotopic (exact) mass is 267 g/mol. The quantitative estimate of drug-likeness (QED) is 0.796. The topological polar surface area (TPSA) is 50.1 Å². The van der Waals surface area contributed by atoms with Crippen LogP contribution < -0.4 is 0 Å². The fourth-order valence-electron chi connectivity index (χ4n) is 2.30. The van der Waals surface area contributed by atoms with Crippen LogP contribution in [-0.4, -0.2) is 12.6 Å². The molecular formula is C17H17NO2. The number of fused-ring (bicyclic) bond motifs is 1. The molecule has 0 saturated carbocycles. The Labute approximate surface area is 118 Å². The van der Waals surface area contributed by atoms with Gasteiger partial charge in [0.05, 0.1) is 25.0 Å². The largest absolute Gasteiger partial charge is 0.466 e. The van der Waals surface area contributed by atoms with Crippen molar-refractivity contribution in [3.8, 4) is 6.07 Å². The minimum absolute atomic E-state index is 0.231. The Morgan fingerprint density at radius 1 is 1.35 bits per heavy atom. The van der Waals surface area contributed by atoms with Gasteiger partial charge >= 0.3 is 5.97 Å². The molecule has 0 aliphatic carbocycles. The Balaban J connectivity index is 2.50. The van der Waals surface area contributed by atoms with E-state index in [9.17, 15) is 4.79 Å². The van der Waals surface area contributed by atoms with Gasteiger partial charge in [0.25, 0.3) is 0 Å². The molecule has 2 rings (SSSR count). The van der Waals surface area contributed by atoms with Gasteiger partial charge in [-0.25, -0.2) is 0 Å². The standard InChI is InChI=1S/C17H17NO2/c1-3-20-17(19)12(2)15-10-13-6-4-5-7-16(13)14(11-15)8-9-18/h4-7,10-12H,3,8H2,1-2H3. The molecular weight excluding hydrogens is 250 g/mol. The summed E-state index contributed by atoms with van der Waals surface area (Å²) in [5.74, 6) is -0.553. The Bertz CT molecular complexity index is 670. The lowest BCUT2D eigenvalue weighted by Crippen LogP contribution is -2.13. The molecule has 2 aromatic carbocycles. The van der Waals surface area contributed by atoms with Gasteiger partial charge in [0.1, 0.15) is 0 Å². The minimum atomic E-state index is -0.322. The number of rotatable bonds is 4. The normalized spacial score (nSPS) is 11.8. The molecule has 3 nitrogen and oxygen atoms in total. The van der Waals surface area contributed by atoms with Crippen LogP contribution in [0.15, 0.2) is 36.4 Å². The van der Waals surface area contributed by atoms with Gasteiger partial charge in [-0.3, -0.25) is 4.79 Å². The van der Waals surface area contributed by atoms with Crippen molar-refractivity contribution in [3.63, 3.8) is 0 Å². The van der Waals surface area contributed by atoms with Crippen LogP contribution >= 0.6 is 0 Å². The van der Waals surface area contributed by atoms with Crippen molar-refractivity contribution >= 4 is 16.7 Å². The van der Waals surface area contributed by atoms with Crippen molar-refractivity contribution in [1.29, 1.82) is 5.26 Å². The first kappa shape index (κ1) is 14.1. The maximum Gasteiger partial charge on any atom is 0.313 e. The van der Waals surface area contributed by atoms with E-state index in [2.05, 4.69) is 6.07 Å². The second-order valence-corrected chi connectivity index (χ2v) is 4.71. The number of carbonyl (C=O) groups is 1. The summed E-state index contributed by atoms with van der Waals surface area (Å²) in [6.07, 6.45) is 0.337. The fourth-order valence-corrected chi connectivity index (χ4v) is 2.30. The molecule has 0 heterocycles. The molecule has 0 aliphatic rings. The molecule has 0 spiro atoms. The van der Waals surface area contributed by atoms with Gasteiger partial charge in [-0.2, -0.15) is 5.26 Å². The van der Waals surface area contributed by atoms with E-state index in [-0.39, 0.29) is 11.9 Å². The molecule has 0 aliphatic heterocycles. The van der Waals surface area contributed by atoms with E-state index in [1.54, 1.807) is 6.92 Å². The molecule has 0 N–H and O–H groups in total. The summed E-state index contributed by atoms with van der Waals surface area (Å²) < 4.78 is 5.07. The highest BCUT2D eigenvalue weighted by atomic mass is 16.5. The van der Waals surface area contributed by atoms with E-state index in [0.717, 1.165) is 21.9 Å². The predicted molar refractivity (Wildman–Crippen MR) is 78.3 cm³/mol. The van der Waals surface area contributed by atoms with Crippen LogP contribution in [0.25, 0.3) is 10.8 Å². The molecule has 0 amide bonds. The Morgan fingerprint density at radius 3 is 2.80 bits per heavy atom. The van der Waals surface area contributed by atoms with Crippen molar-refractivity contribution in [2.24, 2.45) is 0 Å². The molecule has 2 aromatic rings.